The van der Waals surface area contributed by atoms with Crippen LogP contribution in [-0.4, -0.2) is 49.7 Å². The topological polar surface area (TPSA) is 27.3 Å². The molecule has 102 valence electrons. The van der Waals surface area contributed by atoms with Gasteiger partial charge in [-0.25, -0.2) is 0 Å². The maximum absolute atomic E-state index is 3.61. The van der Waals surface area contributed by atoms with E-state index in [-0.39, 0.29) is 0 Å². The van der Waals surface area contributed by atoms with E-state index in [4.69, 9.17) is 0 Å². The lowest BCUT2D eigenvalue weighted by Gasteiger charge is -2.31. The summed E-state index contributed by atoms with van der Waals surface area (Å²) < 4.78 is 0. The summed E-state index contributed by atoms with van der Waals surface area (Å²) in [6.07, 6.45) is 2.73. The van der Waals surface area contributed by atoms with Gasteiger partial charge in [0.15, 0.2) is 0 Å². The van der Waals surface area contributed by atoms with E-state index < -0.39 is 0 Å². The fraction of sp³-hybridized carbons (Fsp3) is 1.00. The molecule has 1 rings (SSSR count). The van der Waals surface area contributed by atoms with Crippen LogP contribution in [-0.2, 0) is 0 Å². The van der Waals surface area contributed by atoms with Gasteiger partial charge in [-0.05, 0) is 66.1 Å². The Morgan fingerprint density at radius 3 is 2.47 bits per heavy atom. The Labute approximate surface area is 107 Å². The Morgan fingerprint density at radius 2 is 1.94 bits per heavy atom. The van der Waals surface area contributed by atoms with Crippen molar-refractivity contribution >= 4 is 0 Å². The van der Waals surface area contributed by atoms with E-state index in [9.17, 15) is 0 Å². The third kappa shape index (κ3) is 5.84. The maximum atomic E-state index is 3.61. The van der Waals surface area contributed by atoms with Crippen LogP contribution >= 0.6 is 0 Å². The zero-order valence-electron chi connectivity index (χ0n) is 12.1. The quantitative estimate of drug-likeness (QED) is 0.664. The van der Waals surface area contributed by atoms with E-state index >= 15 is 0 Å². The van der Waals surface area contributed by atoms with Gasteiger partial charge in [-0.3, -0.25) is 4.90 Å². The van der Waals surface area contributed by atoms with Gasteiger partial charge in [0.05, 0.1) is 0 Å². The molecule has 0 spiro atoms. The highest BCUT2D eigenvalue weighted by atomic mass is 15.2. The average Bonchev–Trinajstić information content (AvgIpc) is 2.29. The molecule has 2 N–H and O–H groups in total. The molecule has 1 fully saturated rings. The largest absolute Gasteiger partial charge is 0.316 e. The Morgan fingerprint density at radius 1 is 1.24 bits per heavy atom. The number of hydrogen-bond acceptors (Lipinski definition) is 3. The van der Waals surface area contributed by atoms with Crippen LogP contribution < -0.4 is 10.6 Å². The molecule has 1 aliphatic rings. The van der Waals surface area contributed by atoms with Crippen molar-refractivity contribution in [1.82, 2.24) is 15.5 Å². The molecule has 1 aliphatic heterocycles. The first-order valence-electron chi connectivity index (χ1n) is 7.28. The van der Waals surface area contributed by atoms with Crippen molar-refractivity contribution < 1.29 is 0 Å². The van der Waals surface area contributed by atoms with Crippen LogP contribution in [0.5, 0.6) is 0 Å². The maximum Gasteiger partial charge on any atom is 0.0112 e. The van der Waals surface area contributed by atoms with Gasteiger partial charge in [0.1, 0.15) is 0 Å². The predicted molar refractivity (Wildman–Crippen MR) is 75.4 cm³/mol. The van der Waals surface area contributed by atoms with E-state index in [1.165, 1.54) is 32.5 Å². The molecular weight excluding hydrogens is 210 g/mol. The minimum Gasteiger partial charge on any atom is -0.316 e. The fourth-order valence-electron chi connectivity index (χ4n) is 2.73. The van der Waals surface area contributed by atoms with Crippen LogP contribution in [0.1, 0.15) is 40.5 Å². The molecule has 0 aromatic heterocycles. The first kappa shape index (κ1) is 14.9. The van der Waals surface area contributed by atoms with Crippen LogP contribution in [0.2, 0.25) is 0 Å². The Kier molecular flexibility index (Phi) is 7.09. The van der Waals surface area contributed by atoms with Gasteiger partial charge in [0.2, 0.25) is 0 Å². The van der Waals surface area contributed by atoms with Gasteiger partial charge in [-0.2, -0.15) is 0 Å². The molecule has 1 atom stereocenters. The second kappa shape index (κ2) is 8.06. The Bertz CT molecular complexity index is 178. The summed E-state index contributed by atoms with van der Waals surface area (Å²) >= 11 is 0. The summed E-state index contributed by atoms with van der Waals surface area (Å²) in [6, 6.07) is 1.29. The van der Waals surface area contributed by atoms with Gasteiger partial charge in [-0.15, -0.1) is 0 Å². The molecule has 0 radical (unpaired) electrons. The standard InChI is InChI=1S/C14H31N3/c1-12(2)17(13(3)4)9-8-16-11-14-6-5-7-15-10-14/h12-16H,5-11H2,1-4H3. The van der Waals surface area contributed by atoms with Crippen molar-refractivity contribution in [3.63, 3.8) is 0 Å². The van der Waals surface area contributed by atoms with Gasteiger partial charge in [-0.1, -0.05) is 0 Å². The number of hydrogen-bond donors (Lipinski definition) is 2. The molecule has 1 saturated heterocycles. The number of nitrogens with one attached hydrogen (secondary N) is 2. The zero-order chi connectivity index (χ0) is 12.7. The van der Waals surface area contributed by atoms with Gasteiger partial charge >= 0.3 is 0 Å². The molecule has 3 nitrogen and oxygen atoms in total. The minimum absolute atomic E-state index is 0.646. The summed E-state index contributed by atoms with van der Waals surface area (Å²) in [4.78, 5) is 2.55. The molecule has 0 amide bonds. The second-order valence-corrected chi connectivity index (χ2v) is 5.84. The van der Waals surface area contributed by atoms with Crippen LogP contribution in [0.25, 0.3) is 0 Å². The number of rotatable bonds is 7. The third-order valence-corrected chi connectivity index (χ3v) is 3.71. The van der Waals surface area contributed by atoms with E-state index in [1.54, 1.807) is 0 Å². The zero-order valence-corrected chi connectivity index (χ0v) is 12.1. The van der Waals surface area contributed by atoms with Gasteiger partial charge in [0.25, 0.3) is 0 Å². The first-order valence-corrected chi connectivity index (χ1v) is 7.28. The van der Waals surface area contributed by atoms with Crippen LogP contribution in [0.4, 0.5) is 0 Å². The molecule has 0 saturated carbocycles. The minimum atomic E-state index is 0.646. The lowest BCUT2D eigenvalue weighted by Crippen LogP contribution is -2.43. The highest BCUT2D eigenvalue weighted by Gasteiger charge is 2.14. The van der Waals surface area contributed by atoms with Crippen molar-refractivity contribution in [2.75, 3.05) is 32.7 Å². The summed E-state index contributed by atoms with van der Waals surface area (Å²) in [5.74, 6) is 0.843. The number of nitrogens with zero attached hydrogens (tertiary/aromatic N) is 1. The lowest BCUT2D eigenvalue weighted by molar-refractivity contribution is 0.174. The molecule has 0 bridgehead atoms. The first-order chi connectivity index (χ1) is 8.11. The van der Waals surface area contributed by atoms with Crippen molar-refractivity contribution in [2.24, 2.45) is 5.92 Å². The average molecular weight is 241 g/mol. The monoisotopic (exact) mass is 241 g/mol. The van der Waals surface area contributed by atoms with Crippen molar-refractivity contribution in [3.8, 4) is 0 Å². The smallest absolute Gasteiger partial charge is 0.0112 e. The van der Waals surface area contributed by atoms with Crippen LogP contribution in [0.3, 0.4) is 0 Å². The SMILES string of the molecule is CC(C)N(CCNCC1CCCNC1)C(C)C. The van der Waals surface area contributed by atoms with Crippen LogP contribution in [0, 0.1) is 5.92 Å². The molecule has 17 heavy (non-hydrogen) atoms. The van der Waals surface area contributed by atoms with Crippen molar-refractivity contribution in [2.45, 2.75) is 52.6 Å². The second-order valence-electron chi connectivity index (χ2n) is 5.84. The fourth-order valence-corrected chi connectivity index (χ4v) is 2.73. The summed E-state index contributed by atoms with van der Waals surface area (Å²) in [5, 5.41) is 7.08. The highest BCUT2D eigenvalue weighted by Crippen LogP contribution is 2.08. The van der Waals surface area contributed by atoms with E-state index in [0.29, 0.717) is 12.1 Å². The molecular formula is C14H31N3. The highest BCUT2D eigenvalue weighted by molar-refractivity contribution is 4.72. The molecule has 0 aromatic rings. The van der Waals surface area contributed by atoms with Crippen molar-refractivity contribution in [3.05, 3.63) is 0 Å². The number of piperidine rings is 1. The van der Waals surface area contributed by atoms with E-state index in [2.05, 4.69) is 43.2 Å². The lowest BCUT2D eigenvalue weighted by atomic mass is 10.00. The van der Waals surface area contributed by atoms with E-state index in [1.807, 2.05) is 0 Å². The normalized spacial score (nSPS) is 21.7. The van der Waals surface area contributed by atoms with E-state index in [0.717, 1.165) is 19.0 Å². The third-order valence-electron chi connectivity index (χ3n) is 3.71. The Balaban J connectivity index is 2.09. The predicted octanol–water partition coefficient (Wildman–Crippen LogP) is 1.69. The van der Waals surface area contributed by atoms with Crippen LogP contribution in [0.15, 0.2) is 0 Å². The van der Waals surface area contributed by atoms with Gasteiger partial charge < -0.3 is 10.6 Å². The van der Waals surface area contributed by atoms with Crippen molar-refractivity contribution in [1.29, 1.82) is 0 Å². The Hall–Kier alpha value is -0.120. The summed E-state index contributed by atoms with van der Waals surface area (Å²) in [6.45, 7) is 15.0. The molecule has 0 aliphatic carbocycles. The van der Waals surface area contributed by atoms with Gasteiger partial charge in [0, 0.05) is 25.2 Å². The summed E-state index contributed by atoms with van der Waals surface area (Å²) in [7, 11) is 0. The molecule has 1 heterocycles. The molecule has 3 heteroatoms. The molecule has 1 unspecified atom stereocenters. The molecule has 0 aromatic carbocycles. The summed E-state index contributed by atoms with van der Waals surface area (Å²) in [5.41, 5.74) is 0.